The molecule has 0 amide bonds. The number of hydrogen-bond acceptors (Lipinski definition) is 2. The summed E-state index contributed by atoms with van der Waals surface area (Å²) in [5.41, 5.74) is 1.12. The van der Waals surface area contributed by atoms with Crippen molar-refractivity contribution in [2.24, 2.45) is 11.8 Å². The summed E-state index contributed by atoms with van der Waals surface area (Å²) in [6.45, 7) is 6.46. The van der Waals surface area contributed by atoms with Crippen LogP contribution in [0.15, 0.2) is 5.38 Å². The van der Waals surface area contributed by atoms with Gasteiger partial charge in [-0.15, -0.1) is 22.9 Å². The number of thiazole rings is 1. The van der Waals surface area contributed by atoms with Crippen molar-refractivity contribution < 1.29 is 0 Å². The Bertz CT molecular complexity index is 257. The van der Waals surface area contributed by atoms with E-state index in [9.17, 15) is 0 Å². The van der Waals surface area contributed by atoms with Crippen molar-refractivity contribution in [1.29, 1.82) is 0 Å². The van der Waals surface area contributed by atoms with Gasteiger partial charge < -0.3 is 0 Å². The summed E-state index contributed by atoms with van der Waals surface area (Å²) >= 11 is 7.64. The molecule has 0 aromatic carbocycles. The van der Waals surface area contributed by atoms with E-state index in [0.717, 1.165) is 18.0 Å². The van der Waals surface area contributed by atoms with Crippen LogP contribution in [0.1, 0.15) is 24.5 Å². The minimum atomic E-state index is 0.562. The highest BCUT2D eigenvalue weighted by Gasteiger charge is 2.14. The van der Waals surface area contributed by atoms with Crippen molar-refractivity contribution in [1.82, 2.24) is 4.98 Å². The summed E-state index contributed by atoms with van der Waals surface area (Å²) in [4.78, 5) is 4.44. The fraction of sp³-hybridized carbons (Fsp3) is 0.700. The molecule has 1 unspecified atom stereocenters. The molecule has 0 spiro atoms. The Kier molecular flexibility index (Phi) is 4.20. The van der Waals surface area contributed by atoms with E-state index in [1.54, 1.807) is 11.3 Å². The van der Waals surface area contributed by atoms with Gasteiger partial charge in [-0.05, 0) is 18.8 Å². The Morgan fingerprint density at radius 1 is 1.54 bits per heavy atom. The van der Waals surface area contributed by atoms with Crippen LogP contribution in [-0.2, 0) is 6.42 Å². The average Bonchev–Trinajstić information content (AvgIpc) is 2.46. The van der Waals surface area contributed by atoms with Crippen LogP contribution in [0.25, 0.3) is 0 Å². The second kappa shape index (κ2) is 4.97. The third kappa shape index (κ3) is 3.28. The molecule has 74 valence electrons. The first-order valence-electron chi connectivity index (χ1n) is 4.60. The molecular formula is C10H16ClNS. The Labute approximate surface area is 89.1 Å². The maximum Gasteiger partial charge on any atom is 0.0931 e. The smallest absolute Gasteiger partial charge is 0.0931 e. The van der Waals surface area contributed by atoms with E-state index in [2.05, 4.69) is 24.2 Å². The van der Waals surface area contributed by atoms with Crippen molar-refractivity contribution in [2.75, 3.05) is 5.88 Å². The second-order valence-corrected chi connectivity index (χ2v) is 5.00. The summed E-state index contributed by atoms with van der Waals surface area (Å²) in [6.07, 6.45) is 1.03. The lowest BCUT2D eigenvalue weighted by Crippen LogP contribution is -2.13. The molecule has 0 aliphatic heterocycles. The highest BCUT2D eigenvalue weighted by molar-refractivity contribution is 7.09. The van der Waals surface area contributed by atoms with Crippen LogP contribution < -0.4 is 0 Å². The summed E-state index contributed by atoms with van der Waals surface area (Å²) in [7, 11) is 0. The highest BCUT2D eigenvalue weighted by atomic mass is 35.5. The monoisotopic (exact) mass is 217 g/mol. The maximum atomic E-state index is 5.90. The molecule has 3 heteroatoms. The van der Waals surface area contributed by atoms with Crippen molar-refractivity contribution in [3.8, 4) is 0 Å². The minimum Gasteiger partial charge on any atom is -0.247 e. The third-order valence-corrected chi connectivity index (χ3v) is 3.63. The lowest BCUT2D eigenvalue weighted by molar-refractivity contribution is 0.421. The van der Waals surface area contributed by atoms with Gasteiger partial charge in [-0.2, -0.15) is 0 Å². The van der Waals surface area contributed by atoms with Crippen LogP contribution in [0.2, 0.25) is 0 Å². The molecule has 1 nitrogen and oxygen atoms in total. The number of aromatic nitrogens is 1. The fourth-order valence-electron chi connectivity index (χ4n) is 1.19. The Morgan fingerprint density at radius 3 is 2.62 bits per heavy atom. The first kappa shape index (κ1) is 11.0. The lowest BCUT2D eigenvalue weighted by atomic mass is 9.95. The zero-order valence-corrected chi connectivity index (χ0v) is 9.95. The van der Waals surface area contributed by atoms with E-state index in [0.29, 0.717) is 11.8 Å². The number of nitrogens with zero attached hydrogens (tertiary/aromatic N) is 1. The molecule has 0 aliphatic rings. The van der Waals surface area contributed by atoms with Crippen LogP contribution in [0.5, 0.6) is 0 Å². The van der Waals surface area contributed by atoms with Gasteiger partial charge >= 0.3 is 0 Å². The summed E-state index contributed by atoms with van der Waals surface area (Å²) < 4.78 is 0. The molecule has 0 saturated heterocycles. The average molecular weight is 218 g/mol. The van der Waals surface area contributed by atoms with Crippen LogP contribution >= 0.6 is 22.9 Å². The molecule has 1 aromatic heterocycles. The zero-order valence-electron chi connectivity index (χ0n) is 8.38. The van der Waals surface area contributed by atoms with Gasteiger partial charge in [0.15, 0.2) is 0 Å². The number of halogens is 1. The van der Waals surface area contributed by atoms with Gasteiger partial charge in [-0.3, -0.25) is 0 Å². The maximum absolute atomic E-state index is 5.90. The normalized spacial score (nSPS) is 13.6. The number of aryl methyl sites for hydroxylation is 1. The first-order valence-corrected chi connectivity index (χ1v) is 6.02. The molecular weight excluding hydrogens is 202 g/mol. The first-order chi connectivity index (χ1) is 6.13. The molecule has 1 heterocycles. The summed E-state index contributed by atoms with van der Waals surface area (Å²) in [6, 6.07) is 0. The Morgan fingerprint density at radius 2 is 2.23 bits per heavy atom. The molecule has 0 N–H and O–H groups in total. The van der Waals surface area contributed by atoms with Gasteiger partial charge in [0.2, 0.25) is 0 Å². The van der Waals surface area contributed by atoms with Crippen LogP contribution in [0.4, 0.5) is 0 Å². The zero-order chi connectivity index (χ0) is 9.84. The predicted octanol–water partition coefficient (Wildman–Crippen LogP) is 3.51. The minimum absolute atomic E-state index is 0.562. The van der Waals surface area contributed by atoms with Crippen molar-refractivity contribution in [2.45, 2.75) is 27.2 Å². The van der Waals surface area contributed by atoms with Gasteiger partial charge in [0.05, 0.1) is 5.01 Å². The van der Waals surface area contributed by atoms with Gasteiger partial charge in [0.25, 0.3) is 0 Å². The molecule has 1 atom stereocenters. The number of hydrogen-bond donors (Lipinski definition) is 0. The van der Waals surface area contributed by atoms with E-state index in [-0.39, 0.29) is 0 Å². The highest BCUT2D eigenvalue weighted by Crippen LogP contribution is 2.20. The Hall–Kier alpha value is -0.0800. The summed E-state index contributed by atoms with van der Waals surface area (Å²) in [5, 5.41) is 3.32. The van der Waals surface area contributed by atoms with E-state index in [4.69, 9.17) is 11.6 Å². The molecule has 0 fully saturated rings. The topological polar surface area (TPSA) is 12.9 Å². The van der Waals surface area contributed by atoms with Crippen molar-refractivity contribution in [3.63, 3.8) is 0 Å². The number of rotatable bonds is 4. The molecule has 1 rings (SSSR count). The Balaban J connectivity index is 2.56. The quantitative estimate of drug-likeness (QED) is 0.704. The van der Waals surface area contributed by atoms with Gasteiger partial charge in [0.1, 0.15) is 0 Å². The largest absolute Gasteiger partial charge is 0.247 e. The van der Waals surface area contributed by atoms with E-state index in [1.807, 2.05) is 6.92 Å². The standard InChI is InChI=1S/C10H16ClNS/c1-7(2)9(5-11)4-10-12-8(3)6-13-10/h6-7,9H,4-5H2,1-3H3. The second-order valence-electron chi connectivity index (χ2n) is 3.75. The van der Waals surface area contributed by atoms with Crippen LogP contribution in [-0.4, -0.2) is 10.9 Å². The van der Waals surface area contributed by atoms with E-state index in [1.165, 1.54) is 5.01 Å². The van der Waals surface area contributed by atoms with E-state index < -0.39 is 0 Å². The van der Waals surface area contributed by atoms with Crippen molar-refractivity contribution in [3.05, 3.63) is 16.1 Å². The van der Waals surface area contributed by atoms with Crippen LogP contribution in [0.3, 0.4) is 0 Å². The summed E-state index contributed by atoms with van der Waals surface area (Å²) in [5.74, 6) is 1.94. The molecule has 0 aliphatic carbocycles. The van der Waals surface area contributed by atoms with Gasteiger partial charge in [0, 0.05) is 23.4 Å². The molecule has 0 radical (unpaired) electrons. The molecule has 0 saturated carbocycles. The van der Waals surface area contributed by atoms with Gasteiger partial charge in [-0.25, -0.2) is 4.98 Å². The third-order valence-electron chi connectivity index (χ3n) is 2.24. The lowest BCUT2D eigenvalue weighted by Gasteiger charge is -2.15. The molecule has 13 heavy (non-hydrogen) atoms. The predicted molar refractivity (Wildman–Crippen MR) is 59.6 cm³/mol. The van der Waals surface area contributed by atoms with Crippen LogP contribution in [0, 0.1) is 18.8 Å². The molecule has 1 aromatic rings. The SMILES string of the molecule is Cc1csc(CC(CCl)C(C)C)n1. The van der Waals surface area contributed by atoms with E-state index >= 15 is 0 Å². The fourth-order valence-corrected chi connectivity index (χ4v) is 2.52. The van der Waals surface area contributed by atoms with Gasteiger partial charge in [-0.1, -0.05) is 13.8 Å². The van der Waals surface area contributed by atoms with Crippen molar-refractivity contribution >= 4 is 22.9 Å². The number of alkyl halides is 1. The molecule has 0 bridgehead atoms.